The highest BCUT2D eigenvalue weighted by Crippen LogP contribution is 2.58. The minimum atomic E-state index is -6.35. The Morgan fingerprint density at radius 1 is 0.725 bits per heavy atom. The van der Waals surface area contributed by atoms with Crippen LogP contribution in [0, 0.1) is 17.8 Å². The van der Waals surface area contributed by atoms with Crippen LogP contribution in [0.3, 0.4) is 0 Å². The molecule has 0 spiro atoms. The number of halogens is 4. The summed E-state index contributed by atoms with van der Waals surface area (Å²) >= 11 is 0. The zero-order chi connectivity index (χ0) is 29.3. The molecule has 12 heteroatoms. The molecule has 2 aliphatic rings. The normalized spacial score (nSPS) is 21.2. The van der Waals surface area contributed by atoms with Crippen molar-refractivity contribution in [2.75, 3.05) is 6.26 Å². The van der Waals surface area contributed by atoms with Crippen molar-refractivity contribution in [1.82, 2.24) is 0 Å². The first-order valence-electron chi connectivity index (χ1n) is 12.5. The van der Waals surface area contributed by atoms with Gasteiger partial charge in [-0.25, -0.2) is 16.8 Å². The van der Waals surface area contributed by atoms with Gasteiger partial charge in [0.15, 0.2) is 34.6 Å². The summed E-state index contributed by atoms with van der Waals surface area (Å²) in [6.07, 6.45) is 2.65. The van der Waals surface area contributed by atoms with Gasteiger partial charge in [0, 0.05) is 12.2 Å². The largest absolute Gasteiger partial charge is 0.743 e. The van der Waals surface area contributed by atoms with Gasteiger partial charge < -0.3 is 4.55 Å². The zero-order valence-corrected chi connectivity index (χ0v) is 23.9. The van der Waals surface area contributed by atoms with Gasteiger partial charge in [0.1, 0.15) is 0 Å². The van der Waals surface area contributed by atoms with Crippen molar-refractivity contribution >= 4 is 30.9 Å². The minimum absolute atomic E-state index is 0.0407. The molecule has 0 heterocycles. The minimum Gasteiger partial charge on any atom is -0.743 e. The molecule has 3 aromatic carbocycles. The zero-order valence-electron chi connectivity index (χ0n) is 21.4. The van der Waals surface area contributed by atoms with Crippen LogP contribution in [0.4, 0.5) is 17.6 Å². The van der Waals surface area contributed by atoms with E-state index in [1.165, 1.54) is 16.0 Å². The molecule has 2 fully saturated rings. The van der Waals surface area contributed by atoms with E-state index in [2.05, 4.69) is 24.3 Å². The second-order valence-electron chi connectivity index (χ2n) is 10.1. The van der Waals surface area contributed by atoms with Crippen molar-refractivity contribution in [2.45, 2.75) is 56.4 Å². The van der Waals surface area contributed by atoms with Crippen LogP contribution in [-0.4, -0.2) is 38.8 Å². The summed E-state index contributed by atoms with van der Waals surface area (Å²) in [7, 11) is -9.76. The Kier molecular flexibility index (Phi) is 8.75. The maximum Gasteiger partial charge on any atom is 0.396 e. The maximum atomic E-state index is 13.5. The molecule has 0 aromatic heterocycles. The Morgan fingerprint density at radius 2 is 1.20 bits per heavy atom. The molecular formula is C28H28F4O5S3. The van der Waals surface area contributed by atoms with Gasteiger partial charge >= 0.3 is 11.2 Å². The summed E-state index contributed by atoms with van der Waals surface area (Å²) in [5, 5.41) is -5.52. The van der Waals surface area contributed by atoms with Crippen LogP contribution in [-0.2, 0) is 30.9 Å². The molecule has 3 aromatic rings. The fourth-order valence-electron chi connectivity index (χ4n) is 5.42. The third-order valence-corrected chi connectivity index (χ3v) is 11.6. The number of rotatable bonds is 7. The third-order valence-electron chi connectivity index (χ3n) is 7.35. The Hall–Kier alpha value is -2.41. The molecule has 2 saturated carbocycles. The van der Waals surface area contributed by atoms with E-state index in [-0.39, 0.29) is 23.2 Å². The van der Waals surface area contributed by atoms with Crippen LogP contribution < -0.4 is 0 Å². The van der Waals surface area contributed by atoms with Crippen LogP contribution in [0.1, 0.15) is 25.7 Å². The quantitative estimate of drug-likeness (QED) is 0.175. The SMILES string of the molecule is CS(=O)(=O)c1ccc([S+](c2ccccc2)c2ccccc2)cc1.O=S(=O)([O-])C(F)(F)C(F)(F)C1CC2CCC1C2. The van der Waals surface area contributed by atoms with Crippen LogP contribution in [0.15, 0.2) is 105 Å². The second kappa shape index (κ2) is 11.5. The first-order chi connectivity index (χ1) is 18.6. The van der Waals surface area contributed by atoms with Crippen molar-refractivity contribution in [3.8, 4) is 0 Å². The average Bonchev–Trinajstić information content (AvgIpc) is 3.54. The van der Waals surface area contributed by atoms with Crippen LogP contribution in [0.25, 0.3) is 0 Å². The summed E-state index contributed by atoms with van der Waals surface area (Å²) < 4.78 is 107. The number of sulfone groups is 1. The van der Waals surface area contributed by atoms with Gasteiger partial charge in [0.2, 0.25) is 0 Å². The van der Waals surface area contributed by atoms with Crippen molar-refractivity contribution in [3.63, 3.8) is 0 Å². The lowest BCUT2D eigenvalue weighted by Gasteiger charge is -2.36. The van der Waals surface area contributed by atoms with Crippen LogP contribution >= 0.6 is 0 Å². The summed E-state index contributed by atoms with van der Waals surface area (Å²) in [6.45, 7) is 0. The third kappa shape index (κ3) is 6.24. The van der Waals surface area contributed by atoms with E-state index >= 15 is 0 Å². The lowest BCUT2D eigenvalue weighted by atomic mass is 9.84. The molecule has 2 bridgehead atoms. The summed E-state index contributed by atoms with van der Waals surface area (Å²) in [5.41, 5.74) is 0. The van der Waals surface area contributed by atoms with Crippen molar-refractivity contribution < 1.29 is 39.0 Å². The van der Waals surface area contributed by atoms with Gasteiger partial charge in [0.25, 0.3) is 0 Å². The Balaban J connectivity index is 0.000000194. The highest BCUT2D eigenvalue weighted by molar-refractivity contribution is 7.97. The molecule has 0 N–H and O–H groups in total. The number of alkyl halides is 4. The van der Waals surface area contributed by atoms with Crippen LogP contribution in [0.2, 0.25) is 0 Å². The summed E-state index contributed by atoms with van der Waals surface area (Å²) in [6, 6.07) is 27.8. The number of fused-ring (bicyclic) bond motifs is 2. The Morgan fingerprint density at radius 3 is 1.57 bits per heavy atom. The van der Waals surface area contributed by atoms with Crippen LogP contribution in [0.5, 0.6) is 0 Å². The number of hydrogen-bond donors (Lipinski definition) is 0. The van der Waals surface area contributed by atoms with Gasteiger partial charge in [-0.05, 0) is 79.6 Å². The molecule has 5 nitrogen and oxygen atoms in total. The van der Waals surface area contributed by atoms with E-state index in [0.29, 0.717) is 24.2 Å². The molecule has 40 heavy (non-hydrogen) atoms. The van der Waals surface area contributed by atoms with Crippen molar-refractivity contribution in [3.05, 3.63) is 84.9 Å². The summed E-state index contributed by atoms with van der Waals surface area (Å²) in [4.78, 5) is 3.89. The van der Waals surface area contributed by atoms with Crippen molar-refractivity contribution in [1.29, 1.82) is 0 Å². The Labute approximate surface area is 234 Å². The fraction of sp³-hybridized carbons (Fsp3) is 0.357. The van der Waals surface area contributed by atoms with Crippen molar-refractivity contribution in [2.24, 2.45) is 17.8 Å². The Bertz CT molecular complexity index is 1480. The first-order valence-corrected chi connectivity index (χ1v) is 17.0. The van der Waals surface area contributed by atoms with Gasteiger partial charge in [0.05, 0.1) is 15.8 Å². The van der Waals surface area contributed by atoms with E-state index < -0.39 is 43.0 Å². The predicted octanol–water partition coefficient (Wildman–Crippen LogP) is 6.38. The number of hydrogen-bond acceptors (Lipinski definition) is 5. The van der Waals surface area contributed by atoms with Gasteiger partial charge in [-0.15, -0.1) is 0 Å². The molecule has 5 rings (SSSR count). The lowest BCUT2D eigenvalue weighted by Crippen LogP contribution is -2.52. The van der Waals surface area contributed by atoms with Gasteiger partial charge in [-0.2, -0.15) is 17.6 Å². The van der Waals surface area contributed by atoms with E-state index in [9.17, 15) is 39.0 Å². The number of benzene rings is 3. The highest BCUT2D eigenvalue weighted by Gasteiger charge is 2.68. The second-order valence-corrected chi connectivity index (χ2v) is 15.5. The maximum absolute atomic E-state index is 13.5. The molecule has 0 radical (unpaired) electrons. The van der Waals surface area contributed by atoms with E-state index in [4.69, 9.17) is 0 Å². The smallest absolute Gasteiger partial charge is 0.396 e. The molecule has 0 aliphatic heterocycles. The van der Waals surface area contributed by atoms with E-state index in [1.807, 2.05) is 48.5 Å². The molecular weight excluding hydrogens is 588 g/mol. The lowest BCUT2D eigenvalue weighted by molar-refractivity contribution is -0.202. The average molecular weight is 617 g/mol. The standard InChI is InChI=1S/C19H17O2S2.C9H12F4O3S/c1-23(20,21)19-14-12-18(13-15-19)22(16-8-4-2-5-9-16)17-10-6-3-7-11-17;10-8(11,9(12,13)17(14,15)16)7-4-5-1-2-6(7)3-5/h2-15H,1H3;5-7H,1-4H2,(H,14,15,16)/q+1;/p-1. The van der Waals surface area contributed by atoms with E-state index in [1.54, 1.807) is 12.1 Å². The van der Waals surface area contributed by atoms with E-state index in [0.717, 1.165) is 4.90 Å². The molecule has 216 valence electrons. The van der Waals surface area contributed by atoms with Gasteiger partial charge in [-0.1, -0.05) is 42.8 Å². The molecule has 2 aliphatic carbocycles. The molecule has 0 saturated heterocycles. The molecule has 0 amide bonds. The topological polar surface area (TPSA) is 91.3 Å². The first kappa shape index (κ1) is 30.5. The highest BCUT2D eigenvalue weighted by atomic mass is 32.2. The molecule has 3 unspecified atom stereocenters. The predicted molar refractivity (Wildman–Crippen MR) is 143 cm³/mol. The fourth-order valence-corrected chi connectivity index (χ4v) is 8.61. The summed E-state index contributed by atoms with van der Waals surface area (Å²) in [5.74, 6) is -7.10. The van der Waals surface area contributed by atoms with Gasteiger partial charge in [-0.3, -0.25) is 0 Å². The molecule has 3 atom stereocenters. The monoisotopic (exact) mass is 616 g/mol.